The minimum atomic E-state index is -8.55. The molecule has 0 aliphatic carbocycles. The van der Waals surface area contributed by atoms with Crippen LogP contribution in [0.2, 0.25) is 0 Å². The molecule has 5 nitrogen and oxygen atoms in total. The molecule has 0 aliphatic rings. The number of hydrogen-bond donors (Lipinski definition) is 0. The first-order chi connectivity index (χ1) is 10.1. The van der Waals surface area contributed by atoms with Gasteiger partial charge in [0, 0.05) is 30.6 Å². The third-order valence-electron chi connectivity index (χ3n) is 1.77. The fourth-order valence-corrected chi connectivity index (χ4v) is 1.07. The van der Waals surface area contributed by atoms with E-state index in [0.717, 1.165) is 0 Å². The van der Waals surface area contributed by atoms with Crippen LogP contribution in [0.15, 0.2) is 30.6 Å². The molecule has 0 N–H and O–H groups in total. The van der Waals surface area contributed by atoms with Gasteiger partial charge in [0.05, 0.1) is 6.42 Å². The normalized spacial score (nSPS) is 12.0. The zero-order chi connectivity index (χ0) is 17.1. The summed E-state index contributed by atoms with van der Waals surface area (Å²) in [5.74, 6) is -0.280. The molecule has 0 amide bonds. The summed E-state index contributed by atoms with van der Waals surface area (Å²) in [6.45, 7) is 0.741. The number of nitrogens with zero attached hydrogens (tertiary/aromatic N) is 1. The minimum absolute atomic E-state index is 0. The molecule has 0 unspecified atom stereocenters. The number of aromatic nitrogens is 1. The van der Waals surface area contributed by atoms with Crippen molar-refractivity contribution in [3.63, 3.8) is 0 Å². The Hall–Kier alpha value is -1.45. The van der Waals surface area contributed by atoms with Gasteiger partial charge in [0.15, 0.2) is 0 Å². The first kappa shape index (κ1) is 23.8. The summed E-state index contributed by atoms with van der Waals surface area (Å²) in [6, 6.07) is 5.42. The average Bonchev–Trinajstić information content (AvgIpc) is 2.37. The molecule has 0 saturated heterocycles. The molecule has 136 valence electrons. The third kappa shape index (κ3) is 23.0. The molecule has 0 spiro atoms. The molecule has 0 aromatic carbocycles. The quantitative estimate of drug-likeness (QED) is 0.227. The van der Waals surface area contributed by atoms with Crippen LogP contribution in [0.3, 0.4) is 0 Å². The standard InChI is InChI=1S/C11H16NO4.F5P.FH/c1-14-10-15-9-5-6-11(13)16-12-7-3-2-4-8-12;1-6(2,3,4)5;/h2-4,7-8H,5-6,9-10H2,1H3;;1H/q+1;;/p-1. The van der Waals surface area contributed by atoms with Gasteiger partial charge in [-0.1, -0.05) is 6.07 Å². The zero-order valence-electron chi connectivity index (χ0n) is 12.0. The van der Waals surface area contributed by atoms with E-state index in [9.17, 15) is 25.8 Å². The summed E-state index contributed by atoms with van der Waals surface area (Å²) in [5.41, 5.74) is 0. The molecule has 23 heavy (non-hydrogen) atoms. The smallest absolute Gasteiger partial charge is 1.00 e. The molecule has 1 aromatic rings. The SMILES string of the molecule is COCOCCCC(=O)O[n+]1ccccc1.FP(F)(F)(F)F.[F-]. The summed E-state index contributed by atoms with van der Waals surface area (Å²) in [5, 5.41) is 0. The van der Waals surface area contributed by atoms with Crippen molar-refractivity contribution in [1.82, 2.24) is 0 Å². The second-order valence-corrected chi connectivity index (χ2v) is 5.03. The predicted octanol–water partition coefficient (Wildman–Crippen LogP) is 0.296. The largest absolute Gasteiger partial charge is 1.00 e. The molecule has 0 aliphatic heterocycles. The number of ether oxygens (including phenoxy) is 2. The Balaban J connectivity index is 0. The Morgan fingerprint density at radius 1 is 1.09 bits per heavy atom. The van der Waals surface area contributed by atoms with Gasteiger partial charge in [-0.25, -0.2) is 4.79 Å². The van der Waals surface area contributed by atoms with Crippen LogP contribution < -0.4 is 14.3 Å². The van der Waals surface area contributed by atoms with Gasteiger partial charge in [0.25, 0.3) is 0 Å². The fraction of sp³-hybridized carbons (Fsp3) is 0.455. The maximum absolute atomic E-state index is 11.3. The molecule has 0 saturated carbocycles. The first-order valence-corrected chi connectivity index (χ1v) is 7.60. The van der Waals surface area contributed by atoms with Gasteiger partial charge in [-0.2, -0.15) is 4.84 Å². The van der Waals surface area contributed by atoms with Gasteiger partial charge in [-0.15, -0.1) is 0 Å². The number of halogens is 6. The number of pyridine rings is 1. The van der Waals surface area contributed by atoms with Crippen molar-refractivity contribution < 1.29 is 49.5 Å². The van der Waals surface area contributed by atoms with Crippen LogP contribution in [-0.2, 0) is 14.3 Å². The van der Waals surface area contributed by atoms with Crippen molar-refractivity contribution in [3.05, 3.63) is 30.6 Å². The van der Waals surface area contributed by atoms with Crippen LogP contribution in [0.5, 0.6) is 0 Å². The first-order valence-electron chi connectivity index (χ1n) is 5.91. The van der Waals surface area contributed by atoms with Gasteiger partial charge < -0.3 is 14.2 Å². The molecule has 1 rings (SSSR count). The molecule has 12 heteroatoms. The topological polar surface area (TPSA) is 48.6 Å². The molecule has 0 bridgehead atoms. The molecule has 1 heterocycles. The third-order valence-corrected chi connectivity index (χ3v) is 1.77. The summed E-state index contributed by atoms with van der Waals surface area (Å²) < 4.78 is 60.3. The van der Waals surface area contributed by atoms with E-state index in [-0.39, 0.29) is 17.5 Å². The van der Waals surface area contributed by atoms with Crippen LogP contribution in [-0.4, -0.2) is 26.5 Å². The number of hydrogen-bond acceptors (Lipinski definition) is 4. The Kier molecular flexibility index (Phi) is 11.5. The van der Waals surface area contributed by atoms with Crippen LogP contribution in [0.25, 0.3) is 0 Å². The minimum Gasteiger partial charge on any atom is -1.00 e. The maximum atomic E-state index is 11.3. The van der Waals surface area contributed by atoms with E-state index in [2.05, 4.69) is 0 Å². The Morgan fingerprint density at radius 3 is 2.09 bits per heavy atom. The molecular formula is C11H16F6NO4P. The van der Waals surface area contributed by atoms with Gasteiger partial charge in [0.1, 0.15) is 6.79 Å². The van der Waals surface area contributed by atoms with Crippen molar-refractivity contribution in [2.75, 3.05) is 20.5 Å². The summed E-state index contributed by atoms with van der Waals surface area (Å²) in [6.07, 6.45) is 4.28. The second-order valence-electron chi connectivity index (χ2n) is 3.76. The molecule has 0 fully saturated rings. The van der Waals surface area contributed by atoms with E-state index in [1.54, 1.807) is 31.6 Å². The Morgan fingerprint density at radius 2 is 1.61 bits per heavy atom. The number of carbonyl (C=O) groups excluding carboxylic acids is 1. The van der Waals surface area contributed by atoms with Gasteiger partial charge in [0.2, 0.25) is 12.4 Å². The van der Waals surface area contributed by atoms with Gasteiger partial charge in [-0.3, -0.25) is 0 Å². The van der Waals surface area contributed by atoms with Gasteiger partial charge in [-0.05, 0) is 6.42 Å². The van der Waals surface area contributed by atoms with Gasteiger partial charge >= 0.3 is 35.1 Å². The summed E-state index contributed by atoms with van der Waals surface area (Å²) in [7, 11) is -6.99. The second kappa shape index (κ2) is 11.1. The molecule has 1 aromatic heterocycles. The summed E-state index contributed by atoms with van der Waals surface area (Å²) >= 11 is 0. The van der Waals surface area contributed by atoms with E-state index >= 15 is 0 Å². The molecule has 0 atom stereocenters. The van der Waals surface area contributed by atoms with Crippen molar-refractivity contribution in [2.24, 2.45) is 0 Å². The monoisotopic (exact) mass is 371 g/mol. The molecule has 0 radical (unpaired) electrons. The number of methoxy groups -OCH3 is 1. The van der Waals surface area contributed by atoms with E-state index in [4.69, 9.17) is 14.3 Å². The Labute approximate surface area is 128 Å². The maximum Gasteiger partial charge on any atom is -1.00 e. The summed E-state index contributed by atoms with van der Waals surface area (Å²) in [4.78, 5) is 16.3. The van der Waals surface area contributed by atoms with E-state index < -0.39 is 8.16 Å². The fourth-order valence-electron chi connectivity index (χ4n) is 1.07. The van der Waals surface area contributed by atoms with E-state index in [0.29, 0.717) is 19.4 Å². The van der Waals surface area contributed by atoms with Crippen molar-refractivity contribution in [2.45, 2.75) is 12.8 Å². The van der Waals surface area contributed by atoms with Crippen molar-refractivity contribution in [1.29, 1.82) is 0 Å². The van der Waals surface area contributed by atoms with Crippen LogP contribution in [0.1, 0.15) is 12.8 Å². The zero-order valence-corrected chi connectivity index (χ0v) is 12.9. The van der Waals surface area contributed by atoms with Crippen LogP contribution >= 0.6 is 8.16 Å². The van der Waals surface area contributed by atoms with Crippen LogP contribution in [0.4, 0.5) is 21.0 Å². The van der Waals surface area contributed by atoms with Crippen LogP contribution in [0, 0.1) is 0 Å². The Bertz CT molecular complexity index is 426. The van der Waals surface area contributed by atoms with E-state index in [1.165, 1.54) is 4.73 Å². The average molecular weight is 371 g/mol. The number of rotatable bonds is 7. The predicted molar refractivity (Wildman–Crippen MR) is 67.7 cm³/mol. The molecular weight excluding hydrogens is 355 g/mol. The number of carbonyl (C=O) groups is 1. The van der Waals surface area contributed by atoms with Crippen molar-refractivity contribution in [3.8, 4) is 0 Å². The van der Waals surface area contributed by atoms with Crippen molar-refractivity contribution >= 4 is 14.1 Å². The van der Waals surface area contributed by atoms with E-state index in [1.807, 2.05) is 6.07 Å².